The molecule has 5 rings (SSSR count). The number of allylic oxidation sites excluding steroid dienone is 4. The molecule has 1 aliphatic heterocycles. The Kier molecular flexibility index (Phi) is 8.66. The molecule has 0 spiro atoms. The smallest absolute Gasteiger partial charge is 0.309 e. The fourth-order valence-electron chi connectivity index (χ4n) is 4.83. The van der Waals surface area contributed by atoms with E-state index < -0.39 is 11.9 Å². The van der Waals surface area contributed by atoms with Gasteiger partial charge in [0.05, 0.1) is 17.1 Å². The van der Waals surface area contributed by atoms with Gasteiger partial charge in [0.15, 0.2) is 18.9 Å². The van der Waals surface area contributed by atoms with Gasteiger partial charge in [-0.25, -0.2) is 0 Å². The van der Waals surface area contributed by atoms with E-state index in [-0.39, 0.29) is 12.8 Å². The summed E-state index contributed by atoms with van der Waals surface area (Å²) in [5.74, 6) is -1.66. The first-order valence-electron chi connectivity index (χ1n) is 13.3. The summed E-state index contributed by atoms with van der Waals surface area (Å²) in [7, 11) is 0. The van der Waals surface area contributed by atoms with Crippen molar-refractivity contribution < 1.29 is 28.9 Å². The lowest BCUT2D eigenvalue weighted by molar-refractivity contribution is -0.667. The van der Waals surface area contributed by atoms with Crippen LogP contribution in [-0.2, 0) is 16.1 Å². The quantitative estimate of drug-likeness (QED) is 0.174. The summed E-state index contributed by atoms with van der Waals surface area (Å²) >= 11 is 3.25. The van der Waals surface area contributed by atoms with E-state index in [1.54, 1.807) is 23.1 Å². The van der Waals surface area contributed by atoms with E-state index in [4.69, 9.17) is 0 Å². The van der Waals surface area contributed by atoms with Crippen LogP contribution in [0.15, 0.2) is 95.1 Å². The molecule has 0 unspecified atom stereocenters. The number of carbonyl (C=O) groups is 2. The third-order valence-corrected chi connectivity index (χ3v) is 8.87. The van der Waals surface area contributed by atoms with Gasteiger partial charge >= 0.3 is 11.9 Å². The second-order valence-corrected chi connectivity index (χ2v) is 11.9. The van der Waals surface area contributed by atoms with E-state index in [9.17, 15) is 19.8 Å². The van der Waals surface area contributed by atoms with Crippen LogP contribution in [-0.4, -0.2) is 28.7 Å². The Morgan fingerprint density at radius 1 is 0.951 bits per heavy atom. The number of hydrogen-bond donors (Lipinski definition) is 2. The highest BCUT2D eigenvalue weighted by Crippen LogP contribution is 2.45. The average molecular weight is 586 g/mol. The van der Waals surface area contributed by atoms with Crippen molar-refractivity contribution in [1.82, 2.24) is 0 Å². The number of benzene rings is 2. The summed E-state index contributed by atoms with van der Waals surface area (Å²) in [5.41, 5.74) is 5.20. The summed E-state index contributed by atoms with van der Waals surface area (Å²) in [4.78, 5) is 25.9. The summed E-state index contributed by atoms with van der Waals surface area (Å²) < 4.78 is 5.24. The maximum Gasteiger partial charge on any atom is 0.309 e. The lowest BCUT2D eigenvalue weighted by Gasteiger charge is -2.19. The first kappa shape index (κ1) is 28.3. The molecule has 0 fully saturated rings. The molecule has 41 heavy (non-hydrogen) atoms. The van der Waals surface area contributed by atoms with Crippen LogP contribution in [0.3, 0.4) is 0 Å². The molecule has 9 heteroatoms. The van der Waals surface area contributed by atoms with E-state index in [2.05, 4.69) is 58.5 Å². The normalized spacial score (nSPS) is 14.3. The Bertz CT molecular complexity index is 1700. The van der Waals surface area contributed by atoms with Crippen molar-refractivity contribution >= 4 is 62.7 Å². The minimum atomic E-state index is -0.830. The van der Waals surface area contributed by atoms with E-state index in [1.807, 2.05) is 60.7 Å². The Hall–Kier alpha value is -4.21. The van der Waals surface area contributed by atoms with E-state index in [0.717, 1.165) is 47.7 Å². The van der Waals surface area contributed by atoms with Crippen LogP contribution in [0, 0.1) is 13.8 Å². The fraction of sp³-hybridized carbons (Fsp3) is 0.188. The molecule has 0 atom stereocenters. The van der Waals surface area contributed by atoms with Crippen LogP contribution in [0.25, 0.3) is 22.0 Å². The largest absolute Gasteiger partial charge is 0.481 e. The first-order valence-corrected chi connectivity index (χ1v) is 14.9. The Labute approximate surface area is 247 Å². The molecule has 3 heterocycles. The second kappa shape index (κ2) is 12.5. The number of nitrogens with zero attached hydrogens (tertiary/aromatic N) is 3. The van der Waals surface area contributed by atoms with Crippen LogP contribution in [0.4, 0.5) is 5.69 Å². The van der Waals surface area contributed by atoms with Crippen LogP contribution in [0.5, 0.6) is 0 Å². The molecule has 2 aromatic heterocycles. The molecule has 2 aromatic carbocycles. The number of anilines is 1. The minimum Gasteiger partial charge on any atom is -0.481 e. The molecule has 7 nitrogen and oxygen atoms in total. The highest BCUT2D eigenvalue weighted by Gasteiger charge is 2.25. The predicted octanol–water partition coefficient (Wildman–Crippen LogP) is 6.05. The molecule has 0 bridgehead atoms. The fourth-order valence-corrected chi connectivity index (χ4v) is 7.01. The third kappa shape index (κ3) is 6.75. The first-order chi connectivity index (χ1) is 19.8. The van der Waals surface area contributed by atoms with Gasteiger partial charge in [-0.05, 0) is 44.2 Å². The maximum atomic E-state index is 11.4. The van der Waals surface area contributed by atoms with Gasteiger partial charge in [0.1, 0.15) is 11.1 Å². The zero-order valence-corrected chi connectivity index (χ0v) is 24.5. The van der Waals surface area contributed by atoms with Gasteiger partial charge < -0.3 is 15.1 Å². The number of thioether (sulfide) groups is 1. The van der Waals surface area contributed by atoms with Crippen LogP contribution in [0.2, 0.25) is 0 Å². The molecule has 208 valence electrons. The van der Waals surface area contributed by atoms with Crippen LogP contribution < -0.4 is 14.0 Å². The Balaban J connectivity index is 1.56. The van der Waals surface area contributed by atoms with Crippen molar-refractivity contribution in [3.8, 4) is 0 Å². The lowest BCUT2D eigenvalue weighted by atomic mass is 10.2. The van der Waals surface area contributed by atoms with Gasteiger partial charge in [-0.2, -0.15) is 9.13 Å². The third-order valence-electron chi connectivity index (χ3n) is 6.60. The van der Waals surface area contributed by atoms with Gasteiger partial charge in [-0.1, -0.05) is 47.4 Å². The predicted molar refractivity (Wildman–Crippen MR) is 164 cm³/mol. The Morgan fingerprint density at radius 3 is 2.41 bits per heavy atom. The van der Waals surface area contributed by atoms with E-state index in [0.29, 0.717) is 13.1 Å². The number of carboxylic acid groups (broad SMARTS) is 2. The zero-order chi connectivity index (χ0) is 28.9. The van der Waals surface area contributed by atoms with Crippen molar-refractivity contribution in [1.29, 1.82) is 0 Å². The molecular weight excluding hydrogens is 555 g/mol. The van der Waals surface area contributed by atoms with Gasteiger partial charge in [0.2, 0.25) is 11.2 Å². The highest BCUT2D eigenvalue weighted by molar-refractivity contribution is 8.03. The van der Waals surface area contributed by atoms with Crippen molar-refractivity contribution in [2.24, 2.45) is 0 Å². The van der Waals surface area contributed by atoms with Gasteiger partial charge in [-0.3, -0.25) is 9.59 Å². The van der Waals surface area contributed by atoms with Crippen molar-refractivity contribution in [2.75, 3.05) is 11.4 Å². The topological polar surface area (TPSA) is 85.6 Å². The van der Waals surface area contributed by atoms with Crippen molar-refractivity contribution in [3.05, 3.63) is 106 Å². The number of aliphatic carboxylic acids is 2. The van der Waals surface area contributed by atoms with Crippen LogP contribution in [0.1, 0.15) is 29.0 Å². The number of pyridine rings is 1. The SMILES string of the molecule is Cc1cc(C)c[n+](C(=C\C=C2\Sc3ccccc3N2CCC(=O)O)/C=C/c2sc3ccccc3[n+]2CCC(=O)O)c1. The molecule has 0 amide bonds. The molecule has 0 radical (unpaired) electrons. The number of hydrogen-bond acceptors (Lipinski definition) is 5. The lowest BCUT2D eigenvalue weighted by Crippen LogP contribution is -2.36. The zero-order valence-electron chi connectivity index (χ0n) is 22.9. The summed E-state index contributed by atoms with van der Waals surface area (Å²) in [6, 6.07) is 18.2. The molecule has 2 N–H and O–H groups in total. The number of aryl methyl sites for hydroxylation is 3. The number of aromatic nitrogens is 2. The molecule has 1 aliphatic rings. The van der Waals surface area contributed by atoms with E-state index in [1.165, 1.54) is 0 Å². The van der Waals surface area contributed by atoms with E-state index >= 15 is 0 Å². The highest BCUT2D eigenvalue weighted by atomic mass is 32.2. The van der Waals surface area contributed by atoms with Crippen LogP contribution >= 0.6 is 23.1 Å². The molecular formula is C32H31N3O4S2+2. The minimum absolute atomic E-state index is 0.0385. The van der Waals surface area contributed by atoms with Gasteiger partial charge in [0.25, 0.3) is 5.01 Å². The number of carboxylic acids is 2. The van der Waals surface area contributed by atoms with Crippen molar-refractivity contribution in [3.63, 3.8) is 0 Å². The Morgan fingerprint density at radius 2 is 1.66 bits per heavy atom. The number of thiazole rings is 1. The molecule has 0 saturated heterocycles. The molecule has 4 aromatic rings. The monoisotopic (exact) mass is 585 g/mol. The number of rotatable bonds is 10. The standard InChI is InChI=1S/C32H29N3O4S2/c1-22-19-23(2)21-33(20-22)24(11-13-29-34(17-15-31(36)37)25-7-3-5-9-27(25)40-29)12-14-30-35(18-16-32(38)39)26-8-4-6-10-28(26)41-30/h3-14,19-21H,15-18H2,1-2H3/p+2. The second-order valence-electron chi connectivity index (χ2n) is 9.80. The summed E-state index contributed by atoms with van der Waals surface area (Å²) in [5, 5.41) is 20.6. The van der Waals surface area contributed by atoms with Crippen molar-refractivity contribution in [2.45, 2.75) is 38.1 Å². The number of para-hydroxylation sites is 2. The molecule has 0 aliphatic carbocycles. The van der Waals surface area contributed by atoms with Gasteiger partial charge in [0, 0.05) is 46.9 Å². The summed E-state index contributed by atoms with van der Waals surface area (Å²) in [6.45, 7) is 4.89. The molecule has 0 saturated carbocycles. The van der Waals surface area contributed by atoms with Gasteiger partial charge in [-0.15, -0.1) is 0 Å². The average Bonchev–Trinajstić information content (AvgIpc) is 3.47. The summed E-state index contributed by atoms with van der Waals surface area (Å²) in [6.07, 6.45) is 12.4. The number of fused-ring (bicyclic) bond motifs is 2. The maximum absolute atomic E-state index is 11.4.